The Balaban J connectivity index is 2.14. The Hall–Kier alpha value is -1.39. The van der Waals surface area contributed by atoms with E-state index in [0.29, 0.717) is 0 Å². The summed E-state index contributed by atoms with van der Waals surface area (Å²) in [7, 11) is 0. The molecule has 0 saturated carbocycles. The Morgan fingerprint density at radius 3 is 2.62 bits per heavy atom. The largest absolute Gasteiger partial charge is 0.325 e. The van der Waals surface area contributed by atoms with Gasteiger partial charge in [-0.25, -0.2) is 4.37 Å². The number of benzene rings is 1. The van der Waals surface area contributed by atoms with Crippen LogP contribution < -0.4 is 5.32 Å². The van der Waals surface area contributed by atoms with Gasteiger partial charge in [0, 0.05) is 11.9 Å². The van der Waals surface area contributed by atoms with Crippen molar-refractivity contribution in [3.63, 3.8) is 0 Å². The minimum Gasteiger partial charge on any atom is -0.325 e. The normalized spacial score (nSPS) is 10.1. The highest BCUT2D eigenvalue weighted by molar-refractivity contribution is 7.09. The minimum atomic E-state index is -0.202. The average Bonchev–Trinajstić information content (AvgIpc) is 2.83. The van der Waals surface area contributed by atoms with Crippen LogP contribution in [0.4, 0.5) is 5.69 Å². The standard InChI is InChI=1S/C11H9ClN2OS/c12-7-11(15)14-9-3-1-8(2-4-9)10-5-6-13-16-10/h1-6H,7H2,(H,14,15). The quantitative estimate of drug-likeness (QED) is 0.854. The highest BCUT2D eigenvalue weighted by Crippen LogP contribution is 2.24. The van der Waals surface area contributed by atoms with Gasteiger partial charge < -0.3 is 5.32 Å². The third-order valence-electron chi connectivity index (χ3n) is 2.01. The lowest BCUT2D eigenvalue weighted by Gasteiger charge is -2.03. The smallest absolute Gasteiger partial charge is 0.239 e. The second kappa shape index (κ2) is 5.09. The number of hydrogen-bond acceptors (Lipinski definition) is 3. The van der Waals surface area contributed by atoms with Crippen molar-refractivity contribution in [2.75, 3.05) is 11.2 Å². The van der Waals surface area contributed by atoms with Crippen molar-refractivity contribution >= 4 is 34.7 Å². The maximum absolute atomic E-state index is 11.0. The molecule has 0 radical (unpaired) electrons. The van der Waals surface area contributed by atoms with E-state index in [1.165, 1.54) is 11.5 Å². The molecule has 1 heterocycles. The highest BCUT2D eigenvalue weighted by atomic mass is 35.5. The molecule has 0 atom stereocenters. The van der Waals surface area contributed by atoms with E-state index in [9.17, 15) is 4.79 Å². The maximum atomic E-state index is 11.0. The number of carbonyl (C=O) groups is 1. The van der Waals surface area contributed by atoms with Crippen molar-refractivity contribution in [2.45, 2.75) is 0 Å². The molecule has 0 aliphatic rings. The molecular formula is C11H9ClN2OS. The molecule has 82 valence electrons. The van der Waals surface area contributed by atoms with Crippen LogP contribution in [0.25, 0.3) is 10.4 Å². The van der Waals surface area contributed by atoms with Crippen LogP contribution in [0.1, 0.15) is 0 Å². The molecule has 3 nitrogen and oxygen atoms in total. The van der Waals surface area contributed by atoms with E-state index < -0.39 is 0 Å². The fourth-order valence-electron chi connectivity index (χ4n) is 1.28. The van der Waals surface area contributed by atoms with Crippen LogP contribution in [0.3, 0.4) is 0 Å². The third-order valence-corrected chi connectivity index (χ3v) is 3.05. The van der Waals surface area contributed by atoms with Crippen LogP contribution in [0, 0.1) is 0 Å². The molecule has 2 rings (SSSR count). The zero-order valence-electron chi connectivity index (χ0n) is 8.31. The summed E-state index contributed by atoms with van der Waals surface area (Å²) in [6.45, 7) is 0. The number of nitrogens with zero attached hydrogens (tertiary/aromatic N) is 1. The Kier molecular flexibility index (Phi) is 3.54. The molecule has 1 N–H and O–H groups in total. The second-order valence-corrected chi connectivity index (χ2v) is 4.24. The van der Waals surface area contributed by atoms with Crippen LogP contribution in [0.2, 0.25) is 0 Å². The molecule has 1 amide bonds. The number of rotatable bonds is 3. The van der Waals surface area contributed by atoms with Gasteiger partial charge in [0.2, 0.25) is 5.91 Å². The van der Waals surface area contributed by atoms with E-state index in [2.05, 4.69) is 9.69 Å². The summed E-state index contributed by atoms with van der Waals surface area (Å²) in [4.78, 5) is 12.2. The van der Waals surface area contributed by atoms with E-state index >= 15 is 0 Å². The lowest BCUT2D eigenvalue weighted by Crippen LogP contribution is -2.12. The first-order valence-electron chi connectivity index (χ1n) is 4.66. The number of aromatic nitrogens is 1. The minimum absolute atomic E-state index is 0.0312. The Labute approximate surface area is 102 Å². The number of alkyl halides is 1. The van der Waals surface area contributed by atoms with Gasteiger partial charge in [0.1, 0.15) is 5.88 Å². The lowest BCUT2D eigenvalue weighted by molar-refractivity contribution is -0.113. The van der Waals surface area contributed by atoms with Gasteiger partial charge in [-0.15, -0.1) is 11.6 Å². The van der Waals surface area contributed by atoms with E-state index in [4.69, 9.17) is 11.6 Å². The summed E-state index contributed by atoms with van der Waals surface area (Å²) < 4.78 is 4.04. The first-order valence-corrected chi connectivity index (χ1v) is 5.97. The number of amides is 1. The van der Waals surface area contributed by atoms with Crippen LogP contribution in [-0.4, -0.2) is 16.2 Å². The lowest BCUT2D eigenvalue weighted by atomic mass is 10.2. The Bertz CT molecular complexity index is 467. The molecule has 1 aromatic carbocycles. The molecule has 16 heavy (non-hydrogen) atoms. The van der Waals surface area contributed by atoms with Crippen LogP contribution in [-0.2, 0) is 4.79 Å². The predicted molar refractivity (Wildman–Crippen MR) is 66.9 cm³/mol. The van der Waals surface area contributed by atoms with Gasteiger partial charge in [-0.1, -0.05) is 12.1 Å². The highest BCUT2D eigenvalue weighted by Gasteiger charge is 2.02. The molecular weight excluding hydrogens is 244 g/mol. The number of halogens is 1. The summed E-state index contributed by atoms with van der Waals surface area (Å²) in [6.07, 6.45) is 1.77. The molecule has 5 heteroatoms. The topological polar surface area (TPSA) is 42.0 Å². The van der Waals surface area contributed by atoms with Gasteiger partial charge in [0.25, 0.3) is 0 Å². The summed E-state index contributed by atoms with van der Waals surface area (Å²) >= 11 is 6.84. The zero-order chi connectivity index (χ0) is 11.4. The van der Waals surface area contributed by atoms with Crippen LogP contribution in [0.5, 0.6) is 0 Å². The molecule has 2 aromatic rings. The molecule has 0 fully saturated rings. The molecule has 0 aliphatic heterocycles. The fraction of sp³-hybridized carbons (Fsp3) is 0.0909. The number of hydrogen-bond donors (Lipinski definition) is 1. The molecule has 1 aromatic heterocycles. The predicted octanol–water partition coefficient (Wildman–Crippen LogP) is 2.99. The molecule has 0 unspecified atom stereocenters. The van der Waals surface area contributed by atoms with Gasteiger partial charge in [0.15, 0.2) is 0 Å². The van der Waals surface area contributed by atoms with E-state index in [-0.39, 0.29) is 11.8 Å². The number of carbonyl (C=O) groups excluding carboxylic acids is 1. The van der Waals surface area contributed by atoms with Gasteiger partial charge in [-0.05, 0) is 35.3 Å². The fourth-order valence-corrected chi connectivity index (χ4v) is 1.94. The third kappa shape index (κ3) is 2.59. The molecule has 0 spiro atoms. The summed E-state index contributed by atoms with van der Waals surface area (Å²) in [6, 6.07) is 9.53. The first-order chi connectivity index (χ1) is 7.79. The first kappa shape index (κ1) is 11.1. The summed E-state index contributed by atoms with van der Waals surface area (Å²) in [5.41, 5.74) is 1.84. The van der Waals surface area contributed by atoms with Crippen molar-refractivity contribution in [3.05, 3.63) is 36.5 Å². The van der Waals surface area contributed by atoms with Gasteiger partial charge in [0.05, 0.1) is 4.88 Å². The molecule has 0 bridgehead atoms. The van der Waals surface area contributed by atoms with Gasteiger partial charge >= 0.3 is 0 Å². The van der Waals surface area contributed by atoms with Crippen LogP contribution in [0.15, 0.2) is 36.5 Å². The Morgan fingerprint density at radius 1 is 1.31 bits per heavy atom. The maximum Gasteiger partial charge on any atom is 0.239 e. The van der Waals surface area contributed by atoms with Crippen LogP contribution >= 0.6 is 23.1 Å². The van der Waals surface area contributed by atoms with Crippen molar-refractivity contribution in [3.8, 4) is 10.4 Å². The van der Waals surface area contributed by atoms with Crippen molar-refractivity contribution in [2.24, 2.45) is 0 Å². The van der Waals surface area contributed by atoms with Gasteiger partial charge in [-0.3, -0.25) is 4.79 Å². The van der Waals surface area contributed by atoms with E-state index in [1.54, 1.807) is 6.20 Å². The molecule has 0 saturated heterocycles. The zero-order valence-corrected chi connectivity index (χ0v) is 9.89. The van der Waals surface area contributed by atoms with Crippen molar-refractivity contribution in [1.29, 1.82) is 0 Å². The SMILES string of the molecule is O=C(CCl)Nc1ccc(-c2ccns2)cc1. The summed E-state index contributed by atoms with van der Waals surface area (Å²) in [5, 5.41) is 2.68. The van der Waals surface area contributed by atoms with Crippen molar-refractivity contribution < 1.29 is 4.79 Å². The molecule has 0 aliphatic carbocycles. The van der Waals surface area contributed by atoms with E-state index in [0.717, 1.165) is 16.1 Å². The van der Waals surface area contributed by atoms with Crippen molar-refractivity contribution in [1.82, 2.24) is 4.37 Å². The monoisotopic (exact) mass is 252 g/mol. The second-order valence-electron chi connectivity index (χ2n) is 3.14. The summed E-state index contributed by atoms with van der Waals surface area (Å²) in [5.74, 6) is -0.233. The van der Waals surface area contributed by atoms with E-state index in [1.807, 2.05) is 30.3 Å². The average molecular weight is 253 g/mol. The number of nitrogens with one attached hydrogen (secondary N) is 1. The Morgan fingerprint density at radius 2 is 2.06 bits per heavy atom. The van der Waals surface area contributed by atoms with Gasteiger partial charge in [-0.2, -0.15) is 0 Å². The number of anilines is 1.